The van der Waals surface area contributed by atoms with Gasteiger partial charge in [0.1, 0.15) is 0 Å². The molecule has 1 saturated heterocycles. The summed E-state index contributed by atoms with van der Waals surface area (Å²) in [6.07, 6.45) is 1.09. The first-order chi connectivity index (χ1) is 9.49. The van der Waals surface area contributed by atoms with Gasteiger partial charge in [0.25, 0.3) is 0 Å². The lowest BCUT2D eigenvalue weighted by molar-refractivity contribution is -0.133. The van der Waals surface area contributed by atoms with Crippen LogP contribution in [0, 0.1) is 0 Å². The van der Waals surface area contributed by atoms with Crippen LogP contribution in [-0.4, -0.2) is 69.2 Å². The number of hydrogen-bond donors (Lipinski definition) is 1. The molecule has 0 aromatic carbocycles. The van der Waals surface area contributed by atoms with Gasteiger partial charge < -0.3 is 14.9 Å². The second-order valence-corrected chi connectivity index (χ2v) is 6.12. The number of carboxylic acids is 1. The molecule has 1 atom stereocenters. The average molecular weight is 299 g/mol. The molecule has 2 rings (SSSR count). The molecular formula is C12H21N5O2S. The van der Waals surface area contributed by atoms with Crippen LogP contribution in [0.5, 0.6) is 0 Å². The minimum absolute atomic E-state index is 0.00423. The molecule has 1 aromatic heterocycles. The predicted octanol–water partition coefficient (Wildman–Crippen LogP) is 0.522. The van der Waals surface area contributed by atoms with Crippen molar-refractivity contribution in [2.45, 2.75) is 24.5 Å². The highest BCUT2D eigenvalue weighted by Crippen LogP contribution is 2.23. The number of anilines is 1. The summed E-state index contributed by atoms with van der Waals surface area (Å²) in [7, 11) is 4.02. The number of aromatic nitrogens is 3. The van der Waals surface area contributed by atoms with Gasteiger partial charge in [-0.3, -0.25) is 9.36 Å². The number of likely N-dealkylation sites (N-methyl/N-ethyl adjacent to an activating group) is 1. The number of hydrogen-bond acceptors (Lipinski definition) is 6. The second-order valence-electron chi connectivity index (χ2n) is 5.18. The Morgan fingerprint density at radius 1 is 1.40 bits per heavy atom. The quantitative estimate of drug-likeness (QED) is 0.812. The largest absolute Gasteiger partial charge is 0.481 e. The molecular weight excluding hydrogens is 278 g/mol. The summed E-state index contributed by atoms with van der Waals surface area (Å²) < 4.78 is 1.88. The molecule has 20 heavy (non-hydrogen) atoms. The lowest BCUT2D eigenvalue weighted by Crippen LogP contribution is -2.39. The highest BCUT2D eigenvalue weighted by Gasteiger charge is 2.24. The summed E-state index contributed by atoms with van der Waals surface area (Å²) in [6.45, 7) is 5.20. The summed E-state index contributed by atoms with van der Waals surface area (Å²) in [4.78, 5) is 15.2. The molecule has 1 N–H and O–H groups in total. The molecule has 1 fully saturated rings. The zero-order chi connectivity index (χ0) is 14.7. The summed E-state index contributed by atoms with van der Waals surface area (Å²) in [6, 6.07) is 0.364. The number of rotatable bonds is 4. The van der Waals surface area contributed by atoms with E-state index in [1.165, 1.54) is 11.8 Å². The molecule has 1 aromatic rings. The maximum atomic E-state index is 10.6. The highest BCUT2D eigenvalue weighted by atomic mass is 32.2. The number of carbonyl (C=O) groups is 1. The van der Waals surface area contributed by atoms with E-state index in [0.717, 1.165) is 32.0 Å². The molecule has 7 nitrogen and oxygen atoms in total. The molecule has 0 aliphatic carbocycles. The second kappa shape index (κ2) is 6.45. The Morgan fingerprint density at radius 3 is 2.85 bits per heavy atom. The number of carboxylic acid groups (broad SMARTS) is 1. The third kappa shape index (κ3) is 3.43. The monoisotopic (exact) mass is 299 g/mol. The van der Waals surface area contributed by atoms with Crippen LogP contribution in [0.2, 0.25) is 0 Å². The molecule has 1 unspecified atom stereocenters. The van der Waals surface area contributed by atoms with E-state index in [-0.39, 0.29) is 5.75 Å². The SMILES string of the molecule is CC1CN(C)CCCN1c1nnc(SCC(=O)O)n1C. The van der Waals surface area contributed by atoms with Crippen molar-refractivity contribution < 1.29 is 9.90 Å². The van der Waals surface area contributed by atoms with Crippen molar-refractivity contribution in [2.75, 3.05) is 37.3 Å². The van der Waals surface area contributed by atoms with E-state index in [0.29, 0.717) is 11.2 Å². The van der Waals surface area contributed by atoms with Gasteiger partial charge in [0.2, 0.25) is 5.95 Å². The van der Waals surface area contributed by atoms with Crippen LogP contribution in [0.25, 0.3) is 0 Å². The Balaban J connectivity index is 2.13. The van der Waals surface area contributed by atoms with Crippen molar-refractivity contribution in [3.05, 3.63) is 0 Å². The van der Waals surface area contributed by atoms with E-state index in [1.54, 1.807) is 0 Å². The standard InChI is InChI=1S/C12H21N5O2S/c1-9-7-15(2)5-4-6-17(9)11-13-14-12(16(11)3)20-8-10(18)19/h9H,4-8H2,1-3H3,(H,18,19). The highest BCUT2D eigenvalue weighted by molar-refractivity contribution is 7.99. The van der Waals surface area contributed by atoms with Crippen LogP contribution >= 0.6 is 11.8 Å². The van der Waals surface area contributed by atoms with Gasteiger partial charge in [0.15, 0.2) is 5.16 Å². The normalized spacial score (nSPS) is 20.9. The van der Waals surface area contributed by atoms with Crippen LogP contribution in [0.1, 0.15) is 13.3 Å². The molecule has 112 valence electrons. The van der Waals surface area contributed by atoms with Crippen molar-refractivity contribution in [3.63, 3.8) is 0 Å². The van der Waals surface area contributed by atoms with E-state index in [1.807, 2.05) is 11.6 Å². The molecule has 0 saturated carbocycles. The Hall–Kier alpha value is -1.28. The minimum atomic E-state index is -0.843. The third-order valence-electron chi connectivity index (χ3n) is 3.44. The molecule has 2 heterocycles. The Morgan fingerprint density at radius 2 is 2.15 bits per heavy atom. The van der Waals surface area contributed by atoms with Crippen molar-refractivity contribution in [1.29, 1.82) is 0 Å². The molecule has 0 radical (unpaired) electrons. The average Bonchev–Trinajstić information content (AvgIpc) is 2.64. The fraction of sp³-hybridized carbons (Fsp3) is 0.750. The maximum absolute atomic E-state index is 10.6. The maximum Gasteiger partial charge on any atom is 0.313 e. The summed E-state index contributed by atoms with van der Waals surface area (Å²) >= 11 is 1.20. The van der Waals surface area contributed by atoms with Gasteiger partial charge >= 0.3 is 5.97 Å². The summed E-state index contributed by atoms with van der Waals surface area (Å²) in [5.74, 6) is -0.0189. The van der Waals surface area contributed by atoms with Gasteiger partial charge in [-0.05, 0) is 26.9 Å². The number of thioether (sulfide) groups is 1. The van der Waals surface area contributed by atoms with Crippen molar-refractivity contribution >= 4 is 23.7 Å². The Kier molecular flexibility index (Phi) is 4.87. The van der Waals surface area contributed by atoms with Crippen LogP contribution in [0.3, 0.4) is 0 Å². The fourth-order valence-electron chi connectivity index (χ4n) is 2.48. The van der Waals surface area contributed by atoms with Crippen molar-refractivity contribution in [1.82, 2.24) is 19.7 Å². The van der Waals surface area contributed by atoms with Gasteiger partial charge in [0, 0.05) is 26.2 Å². The van der Waals surface area contributed by atoms with Gasteiger partial charge in [-0.15, -0.1) is 10.2 Å². The molecule has 1 aliphatic heterocycles. The summed E-state index contributed by atoms with van der Waals surface area (Å²) in [5, 5.41) is 17.7. The van der Waals surface area contributed by atoms with Crippen LogP contribution < -0.4 is 4.90 Å². The molecule has 1 aliphatic rings. The Labute approximate surface area is 123 Å². The van der Waals surface area contributed by atoms with Crippen LogP contribution in [0.4, 0.5) is 5.95 Å². The van der Waals surface area contributed by atoms with Gasteiger partial charge in [0.05, 0.1) is 5.75 Å². The molecule has 0 bridgehead atoms. The zero-order valence-electron chi connectivity index (χ0n) is 12.1. The summed E-state index contributed by atoms with van der Waals surface area (Å²) in [5.41, 5.74) is 0. The van der Waals surface area contributed by atoms with E-state index in [4.69, 9.17) is 5.11 Å². The van der Waals surface area contributed by atoms with Gasteiger partial charge in [-0.2, -0.15) is 0 Å². The zero-order valence-corrected chi connectivity index (χ0v) is 12.9. The first-order valence-electron chi connectivity index (χ1n) is 6.68. The first-order valence-corrected chi connectivity index (χ1v) is 7.66. The van der Waals surface area contributed by atoms with E-state index in [9.17, 15) is 4.79 Å². The lowest BCUT2D eigenvalue weighted by atomic mass is 10.3. The fourth-order valence-corrected chi connectivity index (χ4v) is 3.11. The Bertz CT molecular complexity index is 478. The molecule has 8 heteroatoms. The minimum Gasteiger partial charge on any atom is -0.481 e. The first kappa shape index (κ1) is 15.1. The third-order valence-corrected chi connectivity index (χ3v) is 4.45. The topological polar surface area (TPSA) is 74.5 Å². The molecule has 0 amide bonds. The van der Waals surface area contributed by atoms with Crippen LogP contribution in [0.15, 0.2) is 5.16 Å². The molecule has 0 spiro atoms. The van der Waals surface area contributed by atoms with Crippen molar-refractivity contribution in [2.24, 2.45) is 7.05 Å². The van der Waals surface area contributed by atoms with Gasteiger partial charge in [-0.1, -0.05) is 11.8 Å². The predicted molar refractivity (Wildman–Crippen MR) is 78.3 cm³/mol. The number of aliphatic carboxylic acids is 1. The van der Waals surface area contributed by atoms with Gasteiger partial charge in [-0.25, -0.2) is 0 Å². The lowest BCUT2D eigenvalue weighted by Gasteiger charge is -2.28. The van der Waals surface area contributed by atoms with Crippen molar-refractivity contribution in [3.8, 4) is 0 Å². The number of nitrogens with zero attached hydrogens (tertiary/aromatic N) is 5. The van der Waals surface area contributed by atoms with E-state index >= 15 is 0 Å². The smallest absolute Gasteiger partial charge is 0.313 e. The van der Waals surface area contributed by atoms with E-state index < -0.39 is 5.97 Å². The van der Waals surface area contributed by atoms with E-state index in [2.05, 4.69) is 34.0 Å². The van der Waals surface area contributed by atoms with Crippen LogP contribution in [-0.2, 0) is 11.8 Å².